The highest BCUT2D eigenvalue weighted by Gasteiger charge is 2.18. The molecule has 0 aliphatic carbocycles. The van der Waals surface area contributed by atoms with E-state index in [0.29, 0.717) is 23.1 Å². The molecule has 5 rings (SSSR count). The topological polar surface area (TPSA) is 82.3 Å². The fraction of sp³-hybridized carbons (Fsp3) is 0.156. The molecule has 0 radical (unpaired) electrons. The maximum Gasteiger partial charge on any atom is 0.159 e. The minimum atomic E-state index is -0.306. The first-order valence-electron chi connectivity index (χ1n) is 12.9. The number of aromatic amines is 2. The van der Waals surface area contributed by atoms with Crippen LogP contribution < -0.4 is 5.32 Å². The van der Waals surface area contributed by atoms with Gasteiger partial charge in [-0.2, -0.15) is 5.10 Å². The summed E-state index contributed by atoms with van der Waals surface area (Å²) in [7, 11) is 0. The number of benzene rings is 2. The van der Waals surface area contributed by atoms with Crippen LogP contribution in [0, 0.1) is 18.7 Å². The number of pyridine rings is 1. The smallest absolute Gasteiger partial charge is 0.159 e. The predicted molar refractivity (Wildman–Crippen MR) is 158 cm³/mol. The number of H-pyrrole nitrogens is 2. The summed E-state index contributed by atoms with van der Waals surface area (Å²) in [5, 5.41) is 12.0. The molecule has 5 aromatic rings. The molecule has 0 aliphatic rings. The Balaban J connectivity index is 1.51. The van der Waals surface area contributed by atoms with Gasteiger partial charge in [-0.1, -0.05) is 57.4 Å². The lowest BCUT2D eigenvalue weighted by Crippen LogP contribution is -2.02. The van der Waals surface area contributed by atoms with E-state index in [-0.39, 0.29) is 5.82 Å². The van der Waals surface area contributed by atoms with Crippen LogP contribution in [0.5, 0.6) is 0 Å². The molecule has 0 aliphatic heterocycles. The van der Waals surface area contributed by atoms with E-state index in [1.807, 2.05) is 37.4 Å². The first-order valence-corrected chi connectivity index (χ1v) is 12.9. The van der Waals surface area contributed by atoms with E-state index < -0.39 is 0 Å². The maximum atomic E-state index is 14.0. The Labute approximate surface area is 227 Å². The third-order valence-electron chi connectivity index (χ3n) is 6.39. The maximum absolute atomic E-state index is 14.0. The molecule has 0 fully saturated rings. The van der Waals surface area contributed by atoms with Crippen LogP contribution in [0.4, 0.5) is 10.1 Å². The van der Waals surface area contributed by atoms with Crippen LogP contribution in [-0.2, 0) is 0 Å². The van der Waals surface area contributed by atoms with Gasteiger partial charge in [-0.3, -0.25) is 10.1 Å². The van der Waals surface area contributed by atoms with Crippen molar-refractivity contribution in [2.75, 3.05) is 5.32 Å². The minimum Gasteiger partial charge on any atom is -0.358 e. The largest absolute Gasteiger partial charge is 0.358 e. The number of hydrogen-bond acceptors (Lipinski definition) is 4. The lowest BCUT2D eigenvalue weighted by molar-refractivity contribution is 0.627. The molecule has 0 saturated carbocycles. The van der Waals surface area contributed by atoms with E-state index in [0.717, 1.165) is 56.7 Å². The van der Waals surface area contributed by atoms with E-state index in [4.69, 9.17) is 4.98 Å². The van der Waals surface area contributed by atoms with Crippen molar-refractivity contribution in [2.24, 2.45) is 5.92 Å². The Morgan fingerprint density at radius 2 is 1.95 bits per heavy atom. The van der Waals surface area contributed by atoms with E-state index in [1.54, 1.807) is 18.3 Å². The molecule has 0 spiro atoms. The van der Waals surface area contributed by atoms with Crippen LogP contribution in [0.3, 0.4) is 0 Å². The van der Waals surface area contributed by atoms with Gasteiger partial charge in [0, 0.05) is 34.1 Å². The second kappa shape index (κ2) is 10.9. The van der Waals surface area contributed by atoms with Crippen LogP contribution in [0.15, 0.2) is 91.9 Å². The molecule has 0 amide bonds. The number of rotatable bonds is 9. The average Bonchev–Trinajstić information content (AvgIpc) is 3.49. The Morgan fingerprint density at radius 3 is 2.72 bits per heavy atom. The summed E-state index contributed by atoms with van der Waals surface area (Å²) in [6, 6.07) is 14.7. The van der Waals surface area contributed by atoms with Gasteiger partial charge in [-0.05, 0) is 60.7 Å². The lowest BCUT2D eigenvalue weighted by Gasteiger charge is -2.12. The zero-order valence-corrected chi connectivity index (χ0v) is 22.3. The Kier molecular flexibility index (Phi) is 7.23. The molecular formula is C32H31FN6. The average molecular weight is 519 g/mol. The summed E-state index contributed by atoms with van der Waals surface area (Å²) in [6.45, 7) is 14.3. The summed E-state index contributed by atoms with van der Waals surface area (Å²) in [6.07, 6.45) is 8.06. The van der Waals surface area contributed by atoms with Gasteiger partial charge in [-0.15, -0.1) is 0 Å². The lowest BCUT2D eigenvalue weighted by atomic mass is 10.0. The highest BCUT2D eigenvalue weighted by Crippen LogP contribution is 2.33. The zero-order valence-electron chi connectivity index (χ0n) is 22.3. The molecule has 7 heteroatoms. The number of nitrogens with one attached hydrogen (secondary N) is 3. The summed E-state index contributed by atoms with van der Waals surface area (Å²) in [4.78, 5) is 12.7. The van der Waals surface area contributed by atoms with Crippen molar-refractivity contribution in [1.29, 1.82) is 0 Å². The molecule has 0 unspecified atom stereocenters. The third-order valence-corrected chi connectivity index (χ3v) is 6.39. The number of nitrogens with zero attached hydrogens (tertiary/aromatic N) is 3. The van der Waals surface area contributed by atoms with Crippen molar-refractivity contribution in [2.45, 2.75) is 27.2 Å². The van der Waals surface area contributed by atoms with Crippen molar-refractivity contribution < 1.29 is 4.39 Å². The third kappa shape index (κ3) is 5.57. The highest BCUT2D eigenvalue weighted by atomic mass is 19.1. The summed E-state index contributed by atoms with van der Waals surface area (Å²) in [5.41, 5.74) is 8.50. The van der Waals surface area contributed by atoms with Gasteiger partial charge >= 0.3 is 0 Å². The Hall–Kier alpha value is -4.78. The highest BCUT2D eigenvalue weighted by molar-refractivity contribution is 5.95. The fourth-order valence-electron chi connectivity index (χ4n) is 4.71. The van der Waals surface area contributed by atoms with Crippen LogP contribution in [0.25, 0.3) is 39.1 Å². The quantitative estimate of drug-likeness (QED) is 0.172. The van der Waals surface area contributed by atoms with Crippen molar-refractivity contribution in [3.05, 3.63) is 115 Å². The second-order valence-electron chi connectivity index (χ2n) is 10.0. The molecule has 2 aromatic carbocycles. The first kappa shape index (κ1) is 25.9. The molecule has 0 saturated heterocycles. The van der Waals surface area contributed by atoms with Crippen molar-refractivity contribution in [3.63, 3.8) is 0 Å². The molecule has 6 nitrogen and oxygen atoms in total. The number of imidazole rings is 1. The molecule has 0 atom stereocenters. The van der Waals surface area contributed by atoms with Gasteiger partial charge in [0.05, 0.1) is 23.1 Å². The zero-order chi connectivity index (χ0) is 27.5. The minimum absolute atomic E-state index is 0.306. The number of allylic oxidation sites excluding steroid dienone is 3. The van der Waals surface area contributed by atoms with Gasteiger partial charge in [0.2, 0.25) is 0 Å². The molecule has 39 heavy (non-hydrogen) atoms. The molecule has 3 heterocycles. The number of hydrogen-bond donors (Lipinski definition) is 3. The van der Waals surface area contributed by atoms with E-state index >= 15 is 0 Å². The van der Waals surface area contributed by atoms with Crippen LogP contribution in [-0.4, -0.2) is 25.1 Å². The van der Waals surface area contributed by atoms with Gasteiger partial charge in [0.1, 0.15) is 11.5 Å². The number of halogens is 1. The van der Waals surface area contributed by atoms with E-state index in [1.165, 1.54) is 12.1 Å². The van der Waals surface area contributed by atoms with Crippen molar-refractivity contribution in [3.8, 4) is 22.6 Å². The van der Waals surface area contributed by atoms with E-state index in [9.17, 15) is 4.39 Å². The molecule has 3 aromatic heterocycles. The van der Waals surface area contributed by atoms with Gasteiger partial charge in [0.25, 0.3) is 0 Å². The SMILES string of the molecule is C=C/C=C(/c1cccc(F)c1)c1nc(-c2n[nH]c3ccc(-c4cncc(NC(=C)CC(C)C)c4)cc23)[nH]c1C. The second-order valence-corrected chi connectivity index (χ2v) is 10.0. The molecule has 196 valence electrons. The number of aryl methyl sites for hydroxylation is 1. The summed E-state index contributed by atoms with van der Waals surface area (Å²) >= 11 is 0. The van der Waals surface area contributed by atoms with Crippen LogP contribution >= 0.6 is 0 Å². The molecular weight excluding hydrogens is 487 g/mol. The monoisotopic (exact) mass is 518 g/mol. The van der Waals surface area contributed by atoms with Crippen LogP contribution in [0.2, 0.25) is 0 Å². The normalized spacial score (nSPS) is 11.8. The molecule has 0 bridgehead atoms. The van der Waals surface area contributed by atoms with Gasteiger partial charge < -0.3 is 10.3 Å². The fourth-order valence-corrected chi connectivity index (χ4v) is 4.71. The Morgan fingerprint density at radius 1 is 1.10 bits per heavy atom. The van der Waals surface area contributed by atoms with Gasteiger partial charge in [-0.25, -0.2) is 9.37 Å². The first-order chi connectivity index (χ1) is 18.8. The van der Waals surface area contributed by atoms with Crippen molar-refractivity contribution >= 4 is 22.2 Å². The van der Waals surface area contributed by atoms with E-state index in [2.05, 4.69) is 64.6 Å². The number of anilines is 1. The number of fused-ring (bicyclic) bond motifs is 1. The summed E-state index contributed by atoms with van der Waals surface area (Å²) < 4.78 is 14.0. The molecule has 3 N–H and O–H groups in total. The van der Waals surface area contributed by atoms with Crippen molar-refractivity contribution in [1.82, 2.24) is 25.1 Å². The standard InChI is InChI=1S/C32H31FN6/c1-6-8-27(23-9-7-10-25(33)14-23)30-21(5)36-32(37-30)31-28-16-22(11-12-29(28)38-39-31)24-15-26(18-34-17-24)35-20(4)13-19(2)3/h6-12,14-19,35H,1,4,13H2,2-3,5H3,(H,36,37)(H,38,39)/b27-8-. The predicted octanol–water partition coefficient (Wildman–Crippen LogP) is 8.05. The summed E-state index contributed by atoms with van der Waals surface area (Å²) in [5.74, 6) is 0.835. The van der Waals surface area contributed by atoms with Crippen LogP contribution in [0.1, 0.15) is 37.2 Å². The van der Waals surface area contributed by atoms with Gasteiger partial charge in [0.15, 0.2) is 5.82 Å². The number of aromatic nitrogens is 5. The Bertz CT molecular complexity index is 1700.